The number of benzene rings is 1. The minimum atomic E-state index is -0.459. The lowest BCUT2D eigenvalue weighted by molar-refractivity contribution is 0.00578. The smallest absolute Gasteiger partial charge is 0.444 e. The van der Waals surface area contributed by atoms with Gasteiger partial charge in [0.05, 0.1) is 11.2 Å². The van der Waals surface area contributed by atoms with Gasteiger partial charge in [-0.3, -0.25) is 0 Å². The third-order valence-corrected chi connectivity index (χ3v) is 5.44. The van der Waals surface area contributed by atoms with Crippen molar-refractivity contribution in [2.24, 2.45) is 0 Å². The lowest BCUT2D eigenvalue weighted by Crippen LogP contribution is -2.50. The summed E-state index contributed by atoms with van der Waals surface area (Å²) in [6, 6.07) is 8.31. The normalized spacial score (nSPS) is 22.3. The number of amides is 1. The number of carbonyl (C=O) groups is 1. The minimum absolute atomic E-state index is 0.240. The van der Waals surface area contributed by atoms with Gasteiger partial charge >= 0.3 is 13.2 Å². The van der Waals surface area contributed by atoms with E-state index in [1.54, 1.807) is 4.90 Å². The number of carbonyl (C=O) groups excluding carboxylic acids is 1. The summed E-state index contributed by atoms with van der Waals surface area (Å²) in [5, 5.41) is 0. The van der Waals surface area contributed by atoms with Gasteiger partial charge in [-0.2, -0.15) is 0 Å². The molecule has 0 aliphatic carbocycles. The van der Waals surface area contributed by atoms with E-state index in [1.165, 1.54) is 5.56 Å². The molecule has 0 spiro atoms. The van der Waals surface area contributed by atoms with E-state index in [9.17, 15) is 4.79 Å². The van der Waals surface area contributed by atoms with Crippen LogP contribution in [0.4, 0.5) is 4.79 Å². The zero-order valence-electron chi connectivity index (χ0n) is 17.0. The molecule has 0 bridgehead atoms. The van der Waals surface area contributed by atoms with E-state index >= 15 is 0 Å². The van der Waals surface area contributed by atoms with Crippen LogP contribution in [0.1, 0.15) is 59.9 Å². The second-order valence-corrected chi connectivity index (χ2v) is 9.34. The molecule has 1 amide bonds. The molecule has 2 aliphatic rings. The molecule has 1 aromatic rings. The molecule has 3 rings (SSSR count). The fraction of sp³-hybridized carbons (Fsp3) is 0.650. The maximum absolute atomic E-state index is 12.1. The van der Waals surface area contributed by atoms with Crippen molar-refractivity contribution in [1.82, 2.24) is 4.90 Å². The third kappa shape index (κ3) is 3.76. The standard InChI is InChI=1S/C20H30BNO4/c1-18(2,3)24-17(23)22-12-15(13-22)14-9-8-10-16(11-14)21-25-19(4,5)20(6,7)26-21/h8-11,15H,12-13H2,1-7H3. The minimum Gasteiger partial charge on any atom is -0.444 e. The van der Waals surface area contributed by atoms with Crippen LogP contribution in [-0.2, 0) is 14.0 Å². The van der Waals surface area contributed by atoms with Crippen LogP contribution >= 0.6 is 0 Å². The Hall–Kier alpha value is -1.53. The molecular weight excluding hydrogens is 329 g/mol. The number of hydrogen-bond acceptors (Lipinski definition) is 4. The number of hydrogen-bond donors (Lipinski definition) is 0. The molecule has 26 heavy (non-hydrogen) atoms. The Morgan fingerprint density at radius 1 is 1.15 bits per heavy atom. The summed E-state index contributed by atoms with van der Waals surface area (Å²) in [5.41, 5.74) is 1.07. The Bertz CT molecular complexity index is 673. The molecule has 0 aromatic heterocycles. The summed E-state index contributed by atoms with van der Waals surface area (Å²) in [5.74, 6) is 0.324. The zero-order valence-corrected chi connectivity index (χ0v) is 17.0. The average Bonchev–Trinajstić information content (AvgIpc) is 2.64. The quantitative estimate of drug-likeness (QED) is 0.760. The van der Waals surface area contributed by atoms with Crippen molar-refractivity contribution in [1.29, 1.82) is 0 Å². The predicted octanol–water partition coefficient (Wildman–Crippen LogP) is 3.32. The second kappa shape index (κ2) is 6.27. The molecule has 5 nitrogen and oxygen atoms in total. The lowest BCUT2D eigenvalue weighted by Gasteiger charge is -2.40. The van der Waals surface area contributed by atoms with Crippen molar-refractivity contribution in [3.63, 3.8) is 0 Å². The van der Waals surface area contributed by atoms with Crippen LogP contribution in [0.25, 0.3) is 0 Å². The Balaban J connectivity index is 1.64. The van der Waals surface area contributed by atoms with Gasteiger partial charge in [0.1, 0.15) is 5.60 Å². The highest BCUT2D eigenvalue weighted by molar-refractivity contribution is 6.62. The highest BCUT2D eigenvalue weighted by Crippen LogP contribution is 2.37. The van der Waals surface area contributed by atoms with E-state index in [1.807, 2.05) is 32.9 Å². The van der Waals surface area contributed by atoms with Gasteiger partial charge in [0.2, 0.25) is 0 Å². The van der Waals surface area contributed by atoms with Crippen LogP contribution in [0.3, 0.4) is 0 Å². The van der Waals surface area contributed by atoms with Gasteiger partial charge in [-0.25, -0.2) is 4.79 Å². The third-order valence-electron chi connectivity index (χ3n) is 5.44. The molecule has 2 aliphatic heterocycles. The highest BCUT2D eigenvalue weighted by Gasteiger charge is 2.51. The first-order chi connectivity index (χ1) is 11.9. The van der Waals surface area contributed by atoms with E-state index < -0.39 is 5.60 Å². The van der Waals surface area contributed by atoms with E-state index in [2.05, 4.69) is 39.8 Å². The number of nitrogens with zero attached hydrogens (tertiary/aromatic N) is 1. The first kappa shape index (κ1) is 19.2. The topological polar surface area (TPSA) is 48.0 Å². The number of likely N-dealkylation sites (tertiary alicyclic amines) is 1. The van der Waals surface area contributed by atoms with Crippen LogP contribution in [0.5, 0.6) is 0 Å². The summed E-state index contributed by atoms with van der Waals surface area (Å²) in [6.45, 7) is 15.2. The molecule has 2 fully saturated rings. The van der Waals surface area contributed by atoms with Gasteiger partial charge in [0.25, 0.3) is 0 Å². The lowest BCUT2D eigenvalue weighted by atomic mass is 9.76. The Morgan fingerprint density at radius 2 is 1.73 bits per heavy atom. The molecule has 1 aromatic carbocycles. The average molecular weight is 359 g/mol. The number of rotatable bonds is 2. The van der Waals surface area contributed by atoms with Crippen LogP contribution in [-0.4, -0.2) is 48.0 Å². The fourth-order valence-electron chi connectivity index (χ4n) is 3.10. The zero-order chi connectivity index (χ0) is 19.3. The van der Waals surface area contributed by atoms with Crippen LogP contribution < -0.4 is 5.46 Å². The van der Waals surface area contributed by atoms with Crippen molar-refractivity contribution < 1.29 is 18.8 Å². The molecule has 142 valence electrons. The molecule has 0 atom stereocenters. The Kier molecular flexibility index (Phi) is 4.64. The van der Waals surface area contributed by atoms with Crippen molar-refractivity contribution in [3.8, 4) is 0 Å². The maximum atomic E-state index is 12.1. The molecule has 6 heteroatoms. The van der Waals surface area contributed by atoms with E-state index in [0.717, 1.165) is 5.46 Å². The Labute approximate surface area is 157 Å². The van der Waals surface area contributed by atoms with Crippen molar-refractivity contribution in [2.45, 2.75) is 71.2 Å². The maximum Gasteiger partial charge on any atom is 0.494 e. The largest absolute Gasteiger partial charge is 0.494 e. The second-order valence-electron chi connectivity index (χ2n) is 9.34. The first-order valence-corrected chi connectivity index (χ1v) is 9.31. The SMILES string of the molecule is CC(C)(C)OC(=O)N1CC(c2cccc(B3OC(C)(C)C(C)(C)O3)c2)C1. The van der Waals surface area contributed by atoms with E-state index in [-0.39, 0.29) is 24.4 Å². The summed E-state index contributed by atoms with van der Waals surface area (Å²) in [7, 11) is -0.359. The van der Waals surface area contributed by atoms with Gasteiger partial charge in [0.15, 0.2) is 0 Å². The molecule has 0 unspecified atom stereocenters. The van der Waals surface area contributed by atoms with Gasteiger partial charge in [-0.1, -0.05) is 24.3 Å². The van der Waals surface area contributed by atoms with Gasteiger partial charge < -0.3 is 18.9 Å². The molecule has 0 saturated carbocycles. The predicted molar refractivity (Wildman–Crippen MR) is 103 cm³/mol. The van der Waals surface area contributed by atoms with Crippen LogP contribution in [0, 0.1) is 0 Å². The van der Waals surface area contributed by atoms with Gasteiger partial charge in [-0.05, 0) is 59.5 Å². The molecular formula is C20H30BNO4. The van der Waals surface area contributed by atoms with Crippen molar-refractivity contribution in [3.05, 3.63) is 29.8 Å². The summed E-state index contributed by atoms with van der Waals surface area (Å²) in [6.07, 6.45) is -0.240. The summed E-state index contributed by atoms with van der Waals surface area (Å²) in [4.78, 5) is 13.8. The van der Waals surface area contributed by atoms with Crippen LogP contribution in [0.15, 0.2) is 24.3 Å². The van der Waals surface area contributed by atoms with Gasteiger partial charge in [0, 0.05) is 19.0 Å². The molecule has 0 radical (unpaired) electrons. The molecule has 0 N–H and O–H groups in total. The van der Waals surface area contributed by atoms with Crippen molar-refractivity contribution in [2.75, 3.05) is 13.1 Å². The first-order valence-electron chi connectivity index (χ1n) is 9.31. The summed E-state index contributed by atoms with van der Waals surface area (Å²) < 4.78 is 17.7. The molecule has 2 saturated heterocycles. The Morgan fingerprint density at radius 3 is 2.27 bits per heavy atom. The number of ether oxygens (including phenoxy) is 1. The van der Waals surface area contributed by atoms with E-state index in [0.29, 0.717) is 19.0 Å². The fourth-order valence-corrected chi connectivity index (χ4v) is 3.10. The van der Waals surface area contributed by atoms with E-state index in [4.69, 9.17) is 14.0 Å². The highest BCUT2D eigenvalue weighted by atomic mass is 16.7. The monoisotopic (exact) mass is 359 g/mol. The summed E-state index contributed by atoms with van der Waals surface area (Å²) >= 11 is 0. The van der Waals surface area contributed by atoms with Crippen LogP contribution in [0.2, 0.25) is 0 Å². The van der Waals surface area contributed by atoms with Gasteiger partial charge in [-0.15, -0.1) is 0 Å². The van der Waals surface area contributed by atoms with Crippen molar-refractivity contribution >= 4 is 18.7 Å². The molecule has 2 heterocycles.